The van der Waals surface area contributed by atoms with Crippen molar-refractivity contribution in [3.05, 3.63) is 0 Å². The van der Waals surface area contributed by atoms with Gasteiger partial charge in [-0.05, 0) is 19.3 Å². The fraction of sp³-hybridized carbons (Fsp3) is 0.727. The molecule has 0 aliphatic carbocycles. The number of aliphatic imine (C=N–C) groups is 1. The van der Waals surface area contributed by atoms with E-state index >= 15 is 0 Å². The Labute approximate surface area is 107 Å². The first-order valence-electron chi connectivity index (χ1n) is 5.98. The summed E-state index contributed by atoms with van der Waals surface area (Å²) in [6.07, 6.45) is 1.98. The van der Waals surface area contributed by atoms with Gasteiger partial charge in [0, 0.05) is 13.0 Å². The molecule has 104 valence electrons. The lowest BCUT2D eigenvalue weighted by Gasteiger charge is -2.15. The molecule has 18 heavy (non-hydrogen) atoms. The zero-order chi connectivity index (χ0) is 14.0. The SMILES string of the molecule is CCC(=O)OC(CCCCN=C(N)N)CC(N)=O. The number of carbonyl (C=O) groups excluding carboxylic acids is 2. The molecule has 0 aliphatic rings. The summed E-state index contributed by atoms with van der Waals surface area (Å²) in [4.78, 5) is 25.8. The third kappa shape index (κ3) is 9.44. The van der Waals surface area contributed by atoms with Crippen LogP contribution in [0.15, 0.2) is 4.99 Å². The number of nitrogens with zero attached hydrogens (tertiary/aromatic N) is 1. The molecular formula is C11H22N4O3. The molecule has 0 fully saturated rings. The lowest BCUT2D eigenvalue weighted by Crippen LogP contribution is -2.25. The van der Waals surface area contributed by atoms with Crippen molar-refractivity contribution in [1.82, 2.24) is 0 Å². The number of unbranched alkanes of at least 4 members (excludes halogenated alkanes) is 1. The molecule has 1 amide bonds. The number of amides is 1. The fourth-order valence-electron chi connectivity index (χ4n) is 1.39. The van der Waals surface area contributed by atoms with Gasteiger partial charge in [0.25, 0.3) is 0 Å². The topological polar surface area (TPSA) is 134 Å². The number of nitrogens with two attached hydrogens (primary N) is 3. The van der Waals surface area contributed by atoms with Crippen LogP contribution in [0.4, 0.5) is 0 Å². The number of esters is 1. The van der Waals surface area contributed by atoms with Gasteiger partial charge in [-0.25, -0.2) is 0 Å². The molecule has 0 spiro atoms. The molecule has 0 aliphatic heterocycles. The number of hydrogen-bond donors (Lipinski definition) is 3. The van der Waals surface area contributed by atoms with Crippen LogP contribution in [0.3, 0.4) is 0 Å². The molecule has 7 heteroatoms. The third-order valence-corrected chi connectivity index (χ3v) is 2.24. The maximum absolute atomic E-state index is 11.2. The van der Waals surface area contributed by atoms with E-state index in [2.05, 4.69) is 4.99 Å². The Balaban J connectivity index is 3.97. The lowest BCUT2D eigenvalue weighted by atomic mass is 10.1. The summed E-state index contributed by atoms with van der Waals surface area (Å²) >= 11 is 0. The normalized spacial score (nSPS) is 11.6. The Kier molecular flexibility index (Phi) is 8.34. The number of guanidine groups is 1. The maximum Gasteiger partial charge on any atom is 0.305 e. The van der Waals surface area contributed by atoms with Crippen LogP contribution in [-0.4, -0.2) is 30.5 Å². The Morgan fingerprint density at radius 3 is 2.39 bits per heavy atom. The van der Waals surface area contributed by atoms with E-state index < -0.39 is 12.0 Å². The second-order valence-corrected chi connectivity index (χ2v) is 3.94. The van der Waals surface area contributed by atoms with E-state index in [0.29, 0.717) is 13.0 Å². The smallest absolute Gasteiger partial charge is 0.305 e. The van der Waals surface area contributed by atoms with Gasteiger partial charge in [-0.15, -0.1) is 0 Å². The Morgan fingerprint density at radius 2 is 1.89 bits per heavy atom. The van der Waals surface area contributed by atoms with Crippen LogP contribution < -0.4 is 17.2 Å². The highest BCUT2D eigenvalue weighted by Gasteiger charge is 2.15. The van der Waals surface area contributed by atoms with Crippen molar-refractivity contribution in [2.75, 3.05) is 6.54 Å². The van der Waals surface area contributed by atoms with E-state index in [0.717, 1.165) is 12.8 Å². The van der Waals surface area contributed by atoms with Crippen molar-refractivity contribution in [3.63, 3.8) is 0 Å². The first-order valence-corrected chi connectivity index (χ1v) is 5.98. The monoisotopic (exact) mass is 258 g/mol. The molecule has 0 heterocycles. The van der Waals surface area contributed by atoms with E-state index in [1.807, 2.05) is 0 Å². The van der Waals surface area contributed by atoms with Crippen molar-refractivity contribution < 1.29 is 14.3 Å². The van der Waals surface area contributed by atoms with E-state index in [4.69, 9.17) is 21.9 Å². The fourth-order valence-corrected chi connectivity index (χ4v) is 1.39. The van der Waals surface area contributed by atoms with Gasteiger partial charge in [-0.3, -0.25) is 14.6 Å². The summed E-state index contributed by atoms with van der Waals surface area (Å²) in [5.74, 6) is -0.750. The molecule has 1 unspecified atom stereocenters. The molecule has 0 aromatic heterocycles. The summed E-state index contributed by atoms with van der Waals surface area (Å²) in [6.45, 7) is 2.22. The minimum absolute atomic E-state index is 0.0496. The summed E-state index contributed by atoms with van der Waals surface area (Å²) in [7, 11) is 0. The van der Waals surface area contributed by atoms with Gasteiger partial charge >= 0.3 is 5.97 Å². The number of primary amides is 1. The van der Waals surface area contributed by atoms with E-state index in [1.165, 1.54) is 0 Å². The largest absolute Gasteiger partial charge is 0.462 e. The molecule has 6 N–H and O–H groups in total. The highest BCUT2D eigenvalue weighted by atomic mass is 16.5. The zero-order valence-electron chi connectivity index (χ0n) is 10.7. The molecule has 7 nitrogen and oxygen atoms in total. The molecule has 0 radical (unpaired) electrons. The van der Waals surface area contributed by atoms with Gasteiger partial charge in [0.15, 0.2) is 5.96 Å². The summed E-state index contributed by atoms with van der Waals surface area (Å²) in [5, 5.41) is 0. The predicted octanol–water partition coefficient (Wildman–Crippen LogP) is -0.373. The average molecular weight is 258 g/mol. The van der Waals surface area contributed by atoms with Crippen LogP contribution in [0, 0.1) is 0 Å². The van der Waals surface area contributed by atoms with Gasteiger partial charge in [0.1, 0.15) is 6.10 Å². The minimum Gasteiger partial charge on any atom is -0.462 e. The van der Waals surface area contributed by atoms with E-state index in [1.54, 1.807) is 6.92 Å². The first-order chi connectivity index (χ1) is 8.45. The minimum atomic E-state index is -0.479. The summed E-state index contributed by atoms with van der Waals surface area (Å²) in [5.41, 5.74) is 15.5. The molecule has 0 saturated heterocycles. The Bertz CT molecular complexity index is 301. The standard InChI is InChI=1S/C11H22N4O3/c1-2-10(17)18-8(7-9(12)16)5-3-4-6-15-11(13)14/h8H,2-7H2,1H3,(H2,12,16)(H4,13,14,15). The van der Waals surface area contributed by atoms with E-state index in [9.17, 15) is 9.59 Å². The van der Waals surface area contributed by atoms with Crippen LogP contribution in [0.5, 0.6) is 0 Å². The molecule has 0 rings (SSSR count). The third-order valence-electron chi connectivity index (χ3n) is 2.24. The van der Waals surface area contributed by atoms with Crippen molar-refractivity contribution >= 4 is 17.8 Å². The summed E-state index contributed by atoms with van der Waals surface area (Å²) < 4.78 is 5.11. The lowest BCUT2D eigenvalue weighted by molar-refractivity contribution is -0.150. The van der Waals surface area contributed by atoms with Crippen molar-refractivity contribution in [1.29, 1.82) is 0 Å². The second-order valence-electron chi connectivity index (χ2n) is 3.94. The van der Waals surface area contributed by atoms with Gasteiger partial charge in [0.05, 0.1) is 6.42 Å². The van der Waals surface area contributed by atoms with Crippen LogP contribution >= 0.6 is 0 Å². The van der Waals surface area contributed by atoms with Crippen LogP contribution in [0.2, 0.25) is 0 Å². The Morgan fingerprint density at radius 1 is 1.22 bits per heavy atom. The van der Waals surface area contributed by atoms with Gasteiger partial charge in [-0.2, -0.15) is 0 Å². The van der Waals surface area contributed by atoms with Crippen molar-refractivity contribution in [2.45, 2.75) is 45.1 Å². The first kappa shape index (κ1) is 16.2. The average Bonchev–Trinajstić information content (AvgIpc) is 2.26. The highest BCUT2D eigenvalue weighted by molar-refractivity contribution is 5.75. The number of hydrogen-bond acceptors (Lipinski definition) is 4. The molecule has 0 aromatic carbocycles. The predicted molar refractivity (Wildman–Crippen MR) is 68.5 cm³/mol. The van der Waals surface area contributed by atoms with Crippen molar-refractivity contribution in [3.8, 4) is 0 Å². The van der Waals surface area contributed by atoms with Gasteiger partial charge in [0.2, 0.25) is 5.91 Å². The number of carbonyl (C=O) groups is 2. The molecule has 0 saturated carbocycles. The second kappa shape index (κ2) is 9.26. The molecule has 0 aromatic rings. The number of rotatable bonds is 9. The van der Waals surface area contributed by atoms with E-state index in [-0.39, 0.29) is 24.8 Å². The Hall–Kier alpha value is -1.79. The van der Waals surface area contributed by atoms with Gasteiger partial charge in [-0.1, -0.05) is 6.92 Å². The molecular weight excluding hydrogens is 236 g/mol. The molecule has 1 atom stereocenters. The summed E-state index contributed by atoms with van der Waals surface area (Å²) in [6, 6.07) is 0. The number of ether oxygens (including phenoxy) is 1. The van der Waals surface area contributed by atoms with Gasteiger partial charge < -0.3 is 21.9 Å². The zero-order valence-corrected chi connectivity index (χ0v) is 10.7. The highest BCUT2D eigenvalue weighted by Crippen LogP contribution is 2.10. The quantitative estimate of drug-likeness (QED) is 0.224. The van der Waals surface area contributed by atoms with Crippen molar-refractivity contribution in [2.24, 2.45) is 22.2 Å². The van der Waals surface area contributed by atoms with Crippen LogP contribution in [-0.2, 0) is 14.3 Å². The van der Waals surface area contributed by atoms with Crippen LogP contribution in [0.25, 0.3) is 0 Å². The van der Waals surface area contributed by atoms with Crippen LogP contribution in [0.1, 0.15) is 39.0 Å². The maximum atomic E-state index is 11.2. The molecule has 0 bridgehead atoms.